The molecule has 0 aliphatic rings. The van der Waals surface area contributed by atoms with Gasteiger partial charge in [-0.15, -0.1) is 0 Å². The number of carbonyl (C=O) groups excluding carboxylic acids is 1. The van der Waals surface area contributed by atoms with Crippen LogP contribution in [0.5, 0.6) is 5.75 Å². The Morgan fingerprint density at radius 3 is 2.52 bits per heavy atom. The highest BCUT2D eigenvalue weighted by molar-refractivity contribution is 5.77. The van der Waals surface area contributed by atoms with Gasteiger partial charge in [-0.05, 0) is 31.2 Å². The van der Waals surface area contributed by atoms with Crippen molar-refractivity contribution in [3.8, 4) is 5.75 Å². The Kier molecular flexibility index (Phi) is 6.02. The fourth-order valence-corrected chi connectivity index (χ4v) is 1.90. The largest absolute Gasteiger partial charge is 0.507 e. The number of rotatable bonds is 6. The van der Waals surface area contributed by atoms with Crippen molar-refractivity contribution >= 4 is 5.91 Å². The van der Waals surface area contributed by atoms with Gasteiger partial charge in [-0.3, -0.25) is 9.69 Å². The number of benzene rings is 1. The average molecular weight is 304 g/mol. The summed E-state index contributed by atoms with van der Waals surface area (Å²) in [6.45, 7) is 4.98. The Morgan fingerprint density at radius 1 is 1.33 bits per heavy atom. The second-order valence-corrected chi connectivity index (χ2v) is 4.61. The van der Waals surface area contributed by atoms with Gasteiger partial charge < -0.3 is 10.4 Å². The van der Waals surface area contributed by atoms with E-state index in [0.717, 1.165) is 12.1 Å². The van der Waals surface area contributed by atoms with Crippen LogP contribution in [0.4, 0.5) is 13.2 Å². The van der Waals surface area contributed by atoms with Gasteiger partial charge in [-0.1, -0.05) is 13.0 Å². The zero-order valence-electron chi connectivity index (χ0n) is 12.0. The molecule has 0 radical (unpaired) electrons. The molecule has 118 valence electrons. The number of nitrogens with one attached hydrogen (secondary N) is 1. The molecule has 0 unspecified atom stereocenters. The van der Waals surface area contributed by atoms with Gasteiger partial charge in [0.2, 0.25) is 5.91 Å². The first kappa shape index (κ1) is 17.3. The number of likely N-dealkylation sites (N-methyl/N-ethyl adjacent to an activating group) is 2. The molecule has 1 aromatic rings. The van der Waals surface area contributed by atoms with Crippen molar-refractivity contribution < 1.29 is 23.1 Å². The van der Waals surface area contributed by atoms with Crippen LogP contribution in [0.3, 0.4) is 0 Å². The third kappa shape index (κ3) is 5.26. The number of phenolic OH excluding ortho intramolecular Hbond substituents is 1. The summed E-state index contributed by atoms with van der Waals surface area (Å²) in [6, 6.07) is 3.36. The summed E-state index contributed by atoms with van der Waals surface area (Å²) in [6.07, 6.45) is -4.60. The van der Waals surface area contributed by atoms with E-state index in [1.807, 2.05) is 6.92 Å². The van der Waals surface area contributed by atoms with Crippen LogP contribution in [0.15, 0.2) is 18.2 Å². The molecule has 1 aromatic carbocycles. The summed E-state index contributed by atoms with van der Waals surface area (Å²) < 4.78 is 38.2. The van der Waals surface area contributed by atoms with Gasteiger partial charge in [0.05, 0.1) is 12.1 Å². The van der Waals surface area contributed by atoms with Crippen LogP contribution >= 0.6 is 0 Å². The van der Waals surface area contributed by atoms with Crippen LogP contribution in [0.2, 0.25) is 0 Å². The van der Waals surface area contributed by atoms with E-state index >= 15 is 0 Å². The number of halogens is 3. The van der Waals surface area contributed by atoms with Gasteiger partial charge in [0.1, 0.15) is 5.75 Å². The number of nitrogens with zero attached hydrogens (tertiary/aromatic N) is 1. The highest BCUT2D eigenvalue weighted by Crippen LogP contribution is 2.36. The van der Waals surface area contributed by atoms with Gasteiger partial charge in [-0.2, -0.15) is 13.2 Å². The van der Waals surface area contributed by atoms with Gasteiger partial charge in [0, 0.05) is 13.1 Å². The molecule has 0 saturated carbocycles. The standard InChI is InChI=1S/C14H19F3N2O2/c1-3-18-13(21)9-19(4-2)8-10-5-6-12(20)11(7-10)14(15,16)17/h5-7,20H,3-4,8-9H2,1-2H3,(H,18,21). The highest BCUT2D eigenvalue weighted by atomic mass is 19.4. The lowest BCUT2D eigenvalue weighted by atomic mass is 10.1. The second-order valence-electron chi connectivity index (χ2n) is 4.61. The van der Waals surface area contributed by atoms with Crippen LogP contribution in [-0.2, 0) is 17.5 Å². The van der Waals surface area contributed by atoms with Crippen LogP contribution in [0.1, 0.15) is 25.0 Å². The van der Waals surface area contributed by atoms with Crippen molar-refractivity contribution in [1.29, 1.82) is 0 Å². The van der Waals surface area contributed by atoms with Crippen LogP contribution in [0.25, 0.3) is 0 Å². The number of hydrogen-bond donors (Lipinski definition) is 2. The molecule has 0 aliphatic heterocycles. The summed E-state index contributed by atoms with van der Waals surface area (Å²) in [4.78, 5) is 13.2. The van der Waals surface area contributed by atoms with Crippen molar-refractivity contribution in [2.75, 3.05) is 19.6 Å². The van der Waals surface area contributed by atoms with Crippen molar-refractivity contribution in [3.63, 3.8) is 0 Å². The molecule has 7 heteroatoms. The Hall–Kier alpha value is -1.76. The molecule has 1 amide bonds. The highest BCUT2D eigenvalue weighted by Gasteiger charge is 2.34. The van der Waals surface area contributed by atoms with E-state index < -0.39 is 17.5 Å². The van der Waals surface area contributed by atoms with Crippen molar-refractivity contribution in [2.45, 2.75) is 26.6 Å². The molecule has 0 heterocycles. The van der Waals surface area contributed by atoms with E-state index in [1.165, 1.54) is 6.07 Å². The quantitative estimate of drug-likeness (QED) is 0.848. The molecule has 4 nitrogen and oxygen atoms in total. The van der Waals surface area contributed by atoms with E-state index in [9.17, 15) is 23.1 Å². The molecular weight excluding hydrogens is 285 g/mol. The smallest absolute Gasteiger partial charge is 0.419 e. The third-order valence-electron chi connectivity index (χ3n) is 2.96. The van der Waals surface area contributed by atoms with Gasteiger partial charge >= 0.3 is 6.18 Å². The molecule has 0 aliphatic carbocycles. The molecule has 1 rings (SSSR count). The molecule has 0 saturated heterocycles. The lowest BCUT2D eigenvalue weighted by molar-refractivity contribution is -0.138. The third-order valence-corrected chi connectivity index (χ3v) is 2.96. The SMILES string of the molecule is CCNC(=O)CN(CC)Cc1ccc(O)c(C(F)(F)F)c1. The van der Waals surface area contributed by atoms with E-state index in [1.54, 1.807) is 11.8 Å². The molecule has 2 N–H and O–H groups in total. The predicted molar refractivity (Wildman–Crippen MR) is 72.7 cm³/mol. The number of alkyl halides is 3. The second kappa shape index (κ2) is 7.31. The minimum atomic E-state index is -4.60. The molecular formula is C14H19F3N2O2. The normalized spacial score (nSPS) is 11.7. The Bertz CT molecular complexity index is 490. The maximum absolute atomic E-state index is 12.7. The van der Waals surface area contributed by atoms with Gasteiger partial charge in [0.25, 0.3) is 0 Å². The van der Waals surface area contributed by atoms with E-state index in [-0.39, 0.29) is 19.0 Å². The molecule has 0 bridgehead atoms. The molecule has 0 spiro atoms. The molecule has 0 aromatic heterocycles. The van der Waals surface area contributed by atoms with Crippen LogP contribution in [0, 0.1) is 0 Å². The summed E-state index contributed by atoms with van der Waals surface area (Å²) in [5, 5.41) is 11.9. The zero-order chi connectivity index (χ0) is 16.0. The van der Waals surface area contributed by atoms with E-state index in [0.29, 0.717) is 18.7 Å². The zero-order valence-corrected chi connectivity index (χ0v) is 12.0. The average Bonchev–Trinajstić information content (AvgIpc) is 2.39. The fraction of sp³-hybridized carbons (Fsp3) is 0.500. The predicted octanol–water partition coefficient (Wildman–Crippen LogP) is 2.37. The molecule has 21 heavy (non-hydrogen) atoms. The first-order chi connectivity index (χ1) is 9.77. The lowest BCUT2D eigenvalue weighted by Gasteiger charge is -2.20. The first-order valence-corrected chi connectivity index (χ1v) is 6.66. The van der Waals surface area contributed by atoms with Gasteiger partial charge in [-0.25, -0.2) is 0 Å². The summed E-state index contributed by atoms with van der Waals surface area (Å²) in [5.74, 6) is -0.966. The number of amides is 1. The summed E-state index contributed by atoms with van der Waals surface area (Å²) >= 11 is 0. The summed E-state index contributed by atoms with van der Waals surface area (Å²) in [5.41, 5.74) is -0.666. The Balaban J connectivity index is 2.84. The van der Waals surface area contributed by atoms with Gasteiger partial charge in [0.15, 0.2) is 0 Å². The minimum Gasteiger partial charge on any atom is -0.507 e. The molecule has 0 atom stereocenters. The van der Waals surface area contributed by atoms with Crippen molar-refractivity contribution in [2.24, 2.45) is 0 Å². The number of aromatic hydroxyl groups is 1. The van der Waals surface area contributed by atoms with Crippen molar-refractivity contribution in [1.82, 2.24) is 10.2 Å². The van der Waals surface area contributed by atoms with E-state index in [2.05, 4.69) is 5.32 Å². The van der Waals surface area contributed by atoms with Crippen molar-refractivity contribution in [3.05, 3.63) is 29.3 Å². The topological polar surface area (TPSA) is 52.6 Å². The maximum atomic E-state index is 12.7. The van der Waals surface area contributed by atoms with Crippen LogP contribution in [-0.4, -0.2) is 35.5 Å². The number of phenols is 1. The Morgan fingerprint density at radius 2 is 2.00 bits per heavy atom. The fourth-order valence-electron chi connectivity index (χ4n) is 1.90. The minimum absolute atomic E-state index is 0.118. The maximum Gasteiger partial charge on any atom is 0.419 e. The molecule has 0 fully saturated rings. The Labute approximate surface area is 121 Å². The number of hydrogen-bond acceptors (Lipinski definition) is 3. The lowest BCUT2D eigenvalue weighted by Crippen LogP contribution is -2.36. The first-order valence-electron chi connectivity index (χ1n) is 6.66. The van der Waals surface area contributed by atoms with Crippen LogP contribution < -0.4 is 5.32 Å². The van der Waals surface area contributed by atoms with E-state index in [4.69, 9.17) is 0 Å². The number of carbonyl (C=O) groups is 1. The monoisotopic (exact) mass is 304 g/mol. The summed E-state index contributed by atoms with van der Waals surface area (Å²) in [7, 11) is 0.